The molecule has 1 aromatic rings. The number of nitrogens with one attached hydrogen (secondary N) is 1. The van der Waals surface area contributed by atoms with Crippen molar-refractivity contribution in [2.75, 3.05) is 26.9 Å². The Bertz CT molecular complexity index is 458. The first kappa shape index (κ1) is 12.8. The van der Waals surface area contributed by atoms with E-state index < -0.39 is 5.82 Å². The van der Waals surface area contributed by atoms with Gasteiger partial charge in [0.1, 0.15) is 0 Å². The molecule has 1 aliphatic rings. The molecule has 1 fully saturated rings. The second-order valence-electron chi connectivity index (χ2n) is 4.84. The fourth-order valence-corrected chi connectivity index (χ4v) is 1.75. The lowest BCUT2D eigenvalue weighted by atomic mass is 9.88. The average Bonchev–Trinajstić information content (AvgIpc) is 2.34. The summed E-state index contributed by atoms with van der Waals surface area (Å²) in [7, 11) is 1.37. The zero-order chi connectivity index (χ0) is 13.2. The zero-order valence-electron chi connectivity index (χ0n) is 10.5. The largest absolute Gasteiger partial charge is 0.494 e. The first-order valence-electron chi connectivity index (χ1n) is 5.74. The maximum Gasteiger partial charge on any atom is 0.251 e. The molecule has 98 valence electrons. The van der Waals surface area contributed by atoms with Gasteiger partial charge >= 0.3 is 0 Å². The first-order chi connectivity index (χ1) is 8.54. The fraction of sp³-hybridized carbons (Fsp3) is 0.462. The number of halogens is 1. The van der Waals surface area contributed by atoms with E-state index in [0.29, 0.717) is 25.3 Å². The molecule has 0 unspecified atom stereocenters. The highest BCUT2D eigenvalue weighted by Gasteiger charge is 2.33. The molecule has 1 aromatic carbocycles. The molecule has 0 atom stereocenters. The number of methoxy groups -OCH3 is 1. The minimum Gasteiger partial charge on any atom is -0.494 e. The van der Waals surface area contributed by atoms with E-state index in [1.165, 1.54) is 25.3 Å². The molecule has 0 spiro atoms. The lowest BCUT2D eigenvalue weighted by Crippen LogP contribution is -2.48. The van der Waals surface area contributed by atoms with Crippen LogP contribution in [0.25, 0.3) is 0 Å². The van der Waals surface area contributed by atoms with Gasteiger partial charge in [0.15, 0.2) is 11.6 Å². The molecule has 2 rings (SSSR count). The van der Waals surface area contributed by atoms with Gasteiger partial charge in [-0.15, -0.1) is 0 Å². The SMILES string of the molecule is COc1cc(C(=O)NCC2(C)COC2)ccc1F. The van der Waals surface area contributed by atoms with E-state index >= 15 is 0 Å². The van der Waals surface area contributed by atoms with Crippen molar-refractivity contribution in [3.05, 3.63) is 29.6 Å². The van der Waals surface area contributed by atoms with E-state index in [4.69, 9.17) is 9.47 Å². The lowest BCUT2D eigenvalue weighted by Gasteiger charge is -2.38. The molecule has 4 nitrogen and oxygen atoms in total. The minimum absolute atomic E-state index is 0.0137. The summed E-state index contributed by atoms with van der Waals surface area (Å²) in [5, 5.41) is 2.82. The highest BCUT2D eigenvalue weighted by atomic mass is 19.1. The van der Waals surface area contributed by atoms with E-state index in [9.17, 15) is 9.18 Å². The minimum atomic E-state index is -0.478. The Morgan fingerprint density at radius 1 is 1.56 bits per heavy atom. The van der Waals surface area contributed by atoms with Gasteiger partial charge in [-0.25, -0.2) is 4.39 Å². The number of hydrogen-bond donors (Lipinski definition) is 1. The Morgan fingerprint density at radius 2 is 2.28 bits per heavy atom. The van der Waals surface area contributed by atoms with Crippen LogP contribution in [-0.2, 0) is 4.74 Å². The third-order valence-corrected chi connectivity index (χ3v) is 2.99. The average molecular weight is 253 g/mol. The molecule has 0 aliphatic carbocycles. The van der Waals surface area contributed by atoms with Gasteiger partial charge in [0, 0.05) is 17.5 Å². The van der Waals surface area contributed by atoms with Crippen molar-refractivity contribution in [2.24, 2.45) is 5.41 Å². The summed E-state index contributed by atoms with van der Waals surface area (Å²) >= 11 is 0. The van der Waals surface area contributed by atoms with Crippen LogP contribution in [0.5, 0.6) is 5.75 Å². The number of rotatable bonds is 4. The molecule has 5 heteroatoms. The number of benzene rings is 1. The molecule has 0 saturated carbocycles. The van der Waals surface area contributed by atoms with Gasteiger partial charge in [-0.05, 0) is 18.2 Å². The van der Waals surface area contributed by atoms with Gasteiger partial charge in [0.2, 0.25) is 0 Å². The Hall–Kier alpha value is -1.62. The van der Waals surface area contributed by atoms with Crippen LogP contribution in [0.4, 0.5) is 4.39 Å². The van der Waals surface area contributed by atoms with E-state index in [2.05, 4.69) is 5.32 Å². The molecule has 1 N–H and O–H groups in total. The van der Waals surface area contributed by atoms with Crippen LogP contribution in [-0.4, -0.2) is 32.8 Å². The maximum absolute atomic E-state index is 13.2. The topological polar surface area (TPSA) is 47.6 Å². The number of hydrogen-bond acceptors (Lipinski definition) is 3. The summed E-state index contributed by atoms with van der Waals surface area (Å²) < 4.78 is 23.1. The fourth-order valence-electron chi connectivity index (χ4n) is 1.75. The number of carbonyl (C=O) groups is 1. The third-order valence-electron chi connectivity index (χ3n) is 2.99. The van der Waals surface area contributed by atoms with Crippen molar-refractivity contribution in [1.29, 1.82) is 0 Å². The number of amides is 1. The van der Waals surface area contributed by atoms with Crippen LogP contribution in [0.3, 0.4) is 0 Å². The van der Waals surface area contributed by atoms with Crippen molar-refractivity contribution in [3.8, 4) is 5.75 Å². The monoisotopic (exact) mass is 253 g/mol. The highest BCUT2D eigenvalue weighted by Crippen LogP contribution is 2.25. The molecular formula is C13H16FNO3. The van der Waals surface area contributed by atoms with Crippen LogP contribution in [0.1, 0.15) is 17.3 Å². The van der Waals surface area contributed by atoms with Crippen molar-refractivity contribution in [1.82, 2.24) is 5.32 Å². The summed E-state index contributed by atoms with van der Waals surface area (Å²) in [5.41, 5.74) is 0.400. The van der Waals surface area contributed by atoms with Gasteiger partial charge in [-0.3, -0.25) is 4.79 Å². The number of carbonyl (C=O) groups excluding carboxylic acids is 1. The van der Waals surface area contributed by atoms with E-state index in [1.54, 1.807) is 0 Å². The number of ether oxygens (including phenoxy) is 2. The normalized spacial score (nSPS) is 16.8. The van der Waals surface area contributed by atoms with Gasteiger partial charge in [0.05, 0.1) is 20.3 Å². The molecule has 1 heterocycles. The van der Waals surface area contributed by atoms with E-state index in [0.717, 1.165) is 0 Å². The van der Waals surface area contributed by atoms with Crippen LogP contribution in [0.2, 0.25) is 0 Å². The Balaban J connectivity index is 2.00. The quantitative estimate of drug-likeness (QED) is 0.886. The molecule has 0 bridgehead atoms. The summed E-state index contributed by atoms with van der Waals surface area (Å²) in [6, 6.07) is 4.05. The summed E-state index contributed by atoms with van der Waals surface area (Å²) in [5.74, 6) is -0.643. The molecule has 1 amide bonds. The first-order valence-corrected chi connectivity index (χ1v) is 5.74. The van der Waals surface area contributed by atoms with Crippen molar-refractivity contribution < 1.29 is 18.7 Å². The highest BCUT2D eigenvalue weighted by molar-refractivity contribution is 5.94. The summed E-state index contributed by atoms with van der Waals surface area (Å²) in [6.45, 7) is 3.90. The standard InChI is InChI=1S/C13H16FNO3/c1-13(7-18-8-13)6-15-12(16)9-3-4-10(14)11(5-9)17-2/h3-5H,6-8H2,1-2H3,(H,15,16). The Morgan fingerprint density at radius 3 is 2.83 bits per heavy atom. The smallest absolute Gasteiger partial charge is 0.251 e. The Kier molecular flexibility index (Phi) is 3.52. The third kappa shape index (κ3) is 2.61. The van der Waals surface area contributed by atoms with Crippen LogP contribution in [0, 0.1) is 11.2 Å². The predicted octanol–water partition coefficient (Wildman–Crippen LogP) is 1.60. The van der Waals surface area contributed by atoms with Gasteiger partial charge in [-0.1, -0.05) is 6.92 Å². The molecule has 0 radical (unpaired) electrons. The van der Waals surface area contributed by atoms with Gasteiger partial charge in [0.25, 0.3) is 5.91 Å². The van der Waals surface area contributed by atoms with Gasteiger partial charge in [-0.2, -0.15) is 0 Å². The molecular weight excluding hydrogens is 237 g/mol. The van der Waals surface area contributed by atoms with Crippen LogP contribution >= 0.6 is 0 Å². The molecule has 1 aliphatic heterocycles. The Labute approximate surface area is 105 Å². The van der Waals surface area contributed by atoms with Crippen LogP contribution < -0.4 is 10.1 Å². The summed E-state index contributed by atoms with van der Waals surface area (Å²) in [6.07, 6.45) is 0. The van der Waals surface area contributed by atoms with E-state index in [1.807, 2.05) is 6.92 Å². The van der Waals surface area contributed by atoms with E-state index in [-0.39, 0.29) is 17.1 Å². The predicted molar refractivity (Wildman–Crippen MR) is 64.2 cm³/mol. The molecule has 18 heavy (non-hydrogen) atoms. The second-order valence-corrected chi connectivity index (χ2v) is 4.84. The molecule has 0 aromatic heterocycles. The maximum atomic E-state index is 13.2. The summed E-state index contributed by atoms with van der Waals surface area (Å²) in [4.78, 5) is 11.9. The van der Waals surface area contributed by atoms with Crippen molar-refractivity contribution >= 4 is 5.91 Å². The zero-order valence-corrected chi connectivity index (χ0v) is 10.5. The van der Waals surface area contributed by atoms with Crippen molar-refractivity contribution in [3.63, 3.8) is 0 Å². The van der Waals surface area contributed by atoms with Crippen LogP contribution in [0.15, 0.2) is 18.2 Å². The molecule has 1 saturated heterocycles. The lowest BCUT2D eigenvalue weighted by molar-refractivity contribution is -0.0978. The van der Waals surface area contributed by atoms with Crippen molar-refractivity contribution in [2.45, 2.75) is 6.92 Å². The second kappa shape index (κ2) is 4.94. The van der Waals surface area contributed by atoms with Gasteiger partial charge < -0.3 is 14.8 Å².